The minimum atomic E-state index is -0.138. The molecule has 3 heterocycles. The molecule has 1 aromatic carbocycles. The minimum Gasteiger partial charge on any atom is -0.346 e. The number of para-hydroxylation sites is 1. The van der Waals surface area contributed by atoms with Crippen LogP contribution in [0.5, 0.6) is 0 Å². The molecule has 28 heavy (non-hydrogen) atoms. The Kier molecular flexibility index (Phi) is 4.95. The molecule has 0 spiro atoms. The van der Waals surface area contributed by atoms with Crippen LogP contribution >= 0.6 is 0 Å². The molecule has 1 N–H and O–H groups in total. The summed E-state index contributed by atoms with van der Waals surface area (Å²) in [5, 5.41) is 8.54. The summed E-state index contributed by atoms with van der Waals surface area (Å²) in [6.45, 7) is 2.35. The molecule has 0 radical (unpaired) electrons. The van der Waals surface area contributed by atoms with Crippen molar-refractivity contribution in [2.24, 2.45) is 13.0 Å². The maximum Gasteiger partial charge on any atom is 0.272 e. The summed E-state index contributed by atoms with van der Waals surface area (Å²) in [5.41, 5.74) is 1.42. The molecule has 1 saturated heterocycles. The first-order valence-corrected chi connectivity index (χ1v) is 9.42. The molecular weight excluding hydrogens is 354 g/mol. The highest BCUT2D eigenvalue weighted by Crippen LogP contribution is 2.23. The number of carbonyl (C=O) groups is 1. The number of nitrogens with one attached hydrogen (secondary N) is 1. The van der Waals surface area contributed by atoms with Crippen molar-refractivity contribution in [2.45, 2.75) is 6.04 Å². The highest BCUT2D eigenvalue weighted by Gasteiger charge is 2.36. The van der Waals surface area contributed by atoms with E-state index in [1.165, 1.54) is 0 Å². The molecule has 8 nitrogen and oxygen atoms in total. The molecule has 0 saturated carbocycles. The Morgan fingerprint density at radius 1 is 1.18 bits per heavy atom. The van der Waals surface area contributed by atoms with Gasteiger partial charge in [0.2, 0.25) is 5.95 Å². The van der Waals surface area contributed by atoms with Crippen LogP contribution < -0.4 is 10.2 Å². The van der Waals surface area contributed by atoms with Gasteiger partial charge in [-0.3, -0.25) is 9.48 Å². The fourth-order valence-electron chi connectivity index (χ4n) is 3.92. The summed E-state index contributed by atoms with van der Waals surface area (Å²) >= 11 is 0. The van der Waals surface area contributed by atoms with Crippen molar-refractivity contribution in [3.05, 3.63) is 48.4 Å². The number of benzene rings is 1. The van der Waals surface area contributed by atoms with Crippen LogP contribution in [-0.2, 0) is 7.05 Å². The molecule has 4 rings (SSSR count). The van der Waals surface area contributed by atoms with Crippen molar-refractivity contribution >= 4 is 22.8 Å². The Hall–Kier alpha value is -3.00. The molecule has 2 aromatic heterocycles. The van der Waals surface area contributed by atoms with Crippen LogP contribution in [-0.4, -0.2) is 70.3 Å². The number of hydrogen-bond donors (Lipinski definition) is 1. The van der Waals surface area contributed by atoms with E-state index in [0.717, 1.165) is 24.0 Å². The zero-order chi connectivity index (χ0) is 19.7. The van der Waals surface area contributed by atoms with Gasteiger partial charge in [0.25, 0.3) is 5.91 Å². The van der Waals surface area contributed by atoms with Crippen molar-refractivity contribution in [3.8, 4) is 0 Å². The molecular formula is C20H25N7O. The standard InChI is InChI=1S/C20H25N7O/c1-25(2)11-14-12-27(20-21-9-6-10-22-20)13-16(14)23-19(28)18-15-7-4-5-8-17(15)26(3)24-18/h4-10,14,16H,11-13H2,1-3H3,(H,23,28)/t14-,16-/m1/s1. The van der Waals surface area contributed by atoms with Crippen molar-refractivity contribution < 1.29 is 4.79 Å². The van der Waals surface area contributed by atoms with Crippen LogP contribution in [0.4, 0.5) is 5.95 Å². The monoisotopic (exact) mass is 379 g/mol. The second-order valence-corrected chi connectivity index (χ2v) is 7.55. The third kappa shape index (κ3) is 3.55. The van der Waals surface area contributed by atoms with E-state index in [1.54, 1.807) is 17.1 Å². The molecule has 0 aliphatic carbocycles. The molecule has 3 aromatic rings. The number of anilines is 1. The van der Waals surface area contributed by atoms with E-state index in [1.807, 2.05) is 51.5 Å². The first-order valence-electron chi connectivity index (χ1n) is 9.42. The Morgan fingerprint density at radius 3 is 2.68 bits per heavy atom. The van der Waals surface area contributed by atoms with E-state index in [-0.39, 0.29) is 17.9 Å². The average Bonchev–Trinajstić information content (AvgIpc) is 3.24. The molecule has 8 heteroatoms. The van der Waals surface area contributed by atoms with Gasteiger partial charge in [-0.05, 0) is 26.2 Å². The smallest absolute Gasteiger partial charge is 0.272 e. The molecule has 1 aliphatic rings. The SMILES string of the molecule is CN(C)C[C@@H]1CN(c2ncccn2)C[C@H]1NC(=O)c1nn(C)c2ccccc12. The lowest BCUT2D eigenvalue weighted by Crippen LogP contribution is -2.43. The number of rotatable bonds is 5. The predicted molar refractivity (Wildman–Crippen MR) is 108 cm³/mol. The third-order valence-corrected chi connectivity index (χ3v) is 5.17. The lowest BCUT2D eigenvalue weighted by molar-refractivity contribution is 0.0923. The molecule has 0 bridgehead atoms. The van der Waals surface area contributed by atoms with Gasteiger partial charge in [-0.2, -0.15) is 5.10 Å². The Labute approximate surface area is 164 Å². The number of aryl methyl sites for hydroxylation is 1. The molecule has 1 amide bonds. The second kappa shape index (κ2) is 7.55. The van der Waals surface area contributed by atoms with Gasteiger partial charge < -0.3 is 15.1 Å². The van der Waals surface area contributed by atoms with E-state index in [4.69, 9.17) is 0 Å². The quantitative estimate of drug-likeness (QED) is 0.717. The van der Waals surface area contributed by atoms with E-state index in [0.29, 0.717) is 18.2 Å². The lowest BCUT2D eigenvalue weighted by Gasteiger charge is -2.22. The largest absolute Gasteiger partial charge is 0.346 e. The van der Waals surface area contributed by atoms with E-state index < -0.39 is 0 Å². The van der Waals surface area contributed by atoms with Crippen molar-refractivity contribution in [2.75, 3.05) is 38.6 Å². The van der Waals surface area contributed by atoms with Crippen molar-refractivity contribution in [1.29, 1.82) is 0 Å². The fraction of sp³-hybridized carbons (Fsp3) is 0.400. The van der Waals surface area contributed by atoms with Crippen LogP contribution in [0.2, 0.25) is 0 Å². The Balaban J connectivity index is 1.56. The number of aromatic nitrogens is 4. The maximum absolute atomic E-state index is 13.1. The summed E-state index contributed by atoms with van der Waals surface area (Å²) < 4.78 is 1.75. The Bertz CT molecular complexity index is 969. The van der Waals surface area contributed by atoms with E-state index >= 15 is 0 Å². The minimum absolute atomic E-state index is 0.000487. The summed E-state index contributed by atoms with van der Waals surface area (Å²) in [4.78, 5) is 26.1. The molecule has 0 unspecified atom stereocenters. The van der Waals surface area contributed by atoms with E-state index in [9.17, 15) is 4.79 Å². The molecule has 146 valence electrons. The fourth-order valence-corrected chi connectivity index (χ4v) is 3.92. The van der Waals surface area contributed by atoms with Gasteiger partial charge in [0, 0.05) is 50.4 Å². The van der Waals surface area contributed by atoms with Gasteiger partial charge >= 0.3 is 0 Å². The average molecular weight is 379 g/mol. The van der Waals surface area contributed by atoms with Crippen molar-refractivity contribution in [3.63, 3.8) is 0 Å². The van der Waals surface area contributed by atoms with Gasteiger partial charge in [0.15, 0.2) is 5.69 Å². The third-order valence-electron chi connectivity index (χ3n) is 5.17. The van der Waals surface area contributed by atoms with Crippen LogP contribution in [0.1, 0.15) is 10.5 Å². The maximum atomic E-state index is 13.1. The van der Waals surface area contributed by atoms with Crippen LogP contribution in [0.25, 0.3) is 10.9 Å². The molecule has 1 fully saturated rings. The van der Waals surface area contributed by atoms with Gasteiger partial charge in [-0.1, -0.05) is 18.2 Å². The highest BCUT2D eigenvalue weighted by atomic mass is 16.2. The topological polar surface area (TPSA) is 79.2 Å². The summed E-state index contributed by atoms with van der Waals surface area (Å²) in [6, 6.07) is 9.60. The van der Waals surface area contributed by atoms with Crippen LogP contribution in [0, 0.1) is 5.92 Å². The van der Waals surface area contributed by atoms with Gasteiger partial charge in [0.05, 0.1) is 11.6 Å². The number of nitrogens with zero attached hydrogens (tertiary/aromatic N) is 6. The number of fused-ring (bicyclic) bond motifs is 1. The predicted octanol–water partition coefficient (Wildman–Crippen LogP) is 1.16. The second-order valence-electron chi connectivity index (χ2n) is 7.55. The number of carbonyl (C=O) groups excluding carboxylic acids is 1. The summed E-state index contributed by atoms with van der Waals surface area (Å²) in [6.07, 6.45) is 3.49. The number of amides is 1. The lowest BCUT2D eigenvalue weighted by atomic mass is 10.0. The van der Waals surface area contributed by atoms with Gasteiger partial charge in [-0.15, -0.1) is 0 Å². The first-order chi connectivity index (χ1) is 13.5. The molecule has 1 aliphatic heterocycles. The number of hydrogen-bond acceptors (Lipinski definition) is 6. The summed E-state index contributed by atoms with van der Waals surface area (Å²) in [7, 11) is 5.96. The van der Waals surface area contributed by atoms with Crippen molar-refractivity contribution in [1.82, 2.24) is 30.0 Å². The summed E-state index contributed by atoms with van der Waals surface area (Å²) in [5.74, 6) is 0.838. The highest BCUT2D eigenvalue weighted by molar-refractivity contribution is 6.05. The van der Waals surface area contributed by atoms with Gasteiger partial charge in [0.1, 0.15) is 0 Å². The molecule has 2 atom stereocenters. The van der Waals surface area contributed by atoms with Crippen LogP contribution in [0.3, 0.4) is 0 Å². The zero-order valence-corrected chi connectivity index (χ0v) is 16.4. The Morgan fingerprint density at radius 2 is 1.93 bits per heavy atom. The normalized spacial score (nSPS) is 19.5. The zero-order valence-electron chi connectivity index (χ0n) is 16.4. The van der Waals surface area contributed by atoms with Crippen LogP contribution in [0.15, 0.2) is 42.7 Å². The van der Waals surface area contributed by atoms with Gasteiger partial charge in [-0.25, -0.2) is 9.97 Å². The van der Waals surface area contributed by atoms with E-state index in [2.05, 4.69) is 30.2 Å². The first kappa shape index (κ1) is 18.4.